The zero-order valence-electron chi connectivity index (χ0n) is 18.7. The number of aromatic amines is 1. The van der Waals surface area contributed by atoms with Crippen LogP contribution in [-0.2, 0) is 0 Å². The van der Waals surface area contributed by atoms with E-state index in [2.05, 4.69) is 40.1 Å². The van der Waals surface area contributed by atoms with Crippen LogP contribution in [0, 0.1) is 20.8 Å². The molecule has 0 fully saturated rings. The van der Waals surface area contributed by atoms with Crippen LogP contribution in [0.4, 0.5) is 17.3 Å². The Hall–Kier alpha value is -4.04. The molecule has 0 amide bonds. The van der Waals surface area contributed by atoms with Crippen LogP contribution in [0.25, 0.3) is 32.0 Å². The van der Waals surface area contributed by atoms with Gasteiger partial charge >= 0.3 is 0 Å². The summed E-state index contributed by atoms with van der Waals surface area (Å²) in [5, 5.41) is 3.39. The average molecular weight is 459 g/mol. The second kappa shape index (κ2) is 9.22. The van der Waals surface area contributed by atoms with Gasteiger partial charge in [-0.15, -0.1) is 11.3 Å². The SMILES string of the molecule is Cc1cc2cccc(N)c2[nH]1.Cc1cc2ccnc(N)c2o1.Cc1cc2ccnc(N)c2s1. The highest BCUT2D eigenvalue weighted by molar-refractivity contribution is 7.19. The van der Waals surface area contributed by atoms with Gasteiger partial charge in [-0.25, -0.2) is 9.97 Å². The summed E-state index contributed by atoms with van der Waals surface area (Å²) in [6.07, 6.45) is 3.41. The van der Waals surface area contributed by atoms with Crippen LogP contribution in [0.15, 0.2) is 65.3 Å². The maximum absolute atomic E-state index is 5.74. The number of anilines is 3. The van der Waals surface area contributed by atoms with E-state index >= 15 is 0 Å². The topological polar surface area (TPSA) is 133 Å². The number of thiophene rings is 1. The Morgan fingerprint density at radius 3 is 2.24 bits per heavy atom. The largest absolute Gasteiger partial charge is 0.457 e. The van der Waals surface area contributed by atoms with Crippen LogP contribution < -0.4 is 17.2 Å². The van der Waals surface area contributed by atoms with Gasteiger partial charge in [-0.05, 0) is 62.6 Å². The first-order valence-corrected chi connectivity index (χ1v) is 11.2. The first kappa shape index (κ1) is 22.2. The Kier molecular flexibility index (Phi) is 6.19. The van der Waals surface area contributed by atoms with Crippen molar-refractivity contribution in [3.8, 4) is 0 Å². The number of nitrogens with one attached hydrogen (secondary N) is 1. The number of furan rings is 1. The molecule has 7 nitrogen and oxygen atoms in total. The van der Waals surface area contributed by atoms with E-state index in [0.29, 0.717) is 17.2 Å². The molecule has 0 spiro atoms. The minimum absolute atomic E-state index is 0.454. The number of hydrogen-bond donors (Lipinski definition) is 4. The summed E-state index contributed by atoms with van der Waals surface area (Å²) in [4.78, 5) is 12.4. The summed E-state index contributed by atoms with van der Waals surface area (Å²) in [7, 11) is 0. The predicted molar refractivity (Wildman–Crippen MR) is 139 cm³/mol. The molecule has 0 aliphatic rings. The molecule has 33 heavy (non-hydrogen) atoms. The molecule has 7 N–H and O–H groups in total. The summed E-state index contributed by atoms with van der Waals surface area (Å²) >= 11 is 1.69. The summed E-state index contributed by atoms with van der Waals surface area (Å²) in [6, 6.07) is 15.9. The molecule has 0 aliphatic carbocycles. The first-order valence-electron chi connectivity index (χ1n) is 10.4. The second-order valence-electron chi connectivity index (χ2n) is 7.71. The number of aromatic nitrogens is 3. The quantitative estimate of drug-likeness (QED) is 0.207. The highest BCUT2D eigenvalue weighted by Gasteiger charge is 2.03. The van der Waals surface area contributed by atoms with Crippen LogP contribution in [-0.4, -0.2) is 15.0 Å². The van der Waals surface area contributed by atoms with Crippen molar-refractivity contribution in [2.75, 3.05) is 17.2 Å². The molecule has 0 atom stereocenters. The Bertz CT molecular complexity index is 1360. The third-order valence-corrected chi connectivity index (χ3v) is 6.08. The van der Waals surface area contributed by atoms with E-state index < -0.39 is 0 Å². The van der Waals surface area contributed by atoms with E-state index in [4.69, 9.17) is 21.6 Å². The number of nitrogens with two attached hydrogens (primary N) is 3. The van der Waals surface area contributed by atoms with Crippen LogP contribution in [0.2, 0.25) is 0 Å². The van der Waals surface area contributed by atoms with Crippen LogP contribution in [0.3, 0.4) is 0 Å². The Balaban J connectivity index is 0.000000118. The van der Waals surface area contributed by atoms with Gasteiger partial charge in [-0.3, -0.25) is 0 Å². The Labute approximate surface area is 195 Å². The Morgan fingerprint density at radius 1 is 0.818 bits per heavy atom. The molecule has 0 bridgehead atoms. The van der Waals surface area contributed by atoms with Crippen molar-refractivity contribution in [1.82, 2.24) is 15.0 Å². The van der Waals surface area contributed by atoms with Crippen LogP contribution in [0.1, 0.15) is 16.3 Å². The van der Waals surface area contributed by atoms with Gasteiger partial charge in [0.1, 0.15) is 11.6 Å². The Morgan fingerprint density at radius 2 is 1.55 bits per heavy atom. The molecule has 0 saturated carbocycles. The van der Waals surface area contributed by atoms with Gasteiger partial charge in [0, 0.05) is 33.7 Å². The molecule has 5 heterocycles. The maximum atomic E-state index is 5.74. The molecule has 6 rings (SSSR count). The van der Waals surface area contributed by atoms with Crippen molar-refractivity contribution in [2.24, 2.45) is 0 Å². The lowest BCUT2D eigenvalue weighted by molar-refractivity contribution is 0.578. The molecule has 168 valence electrons. The van der Waals surface area contributed by atoms with E-state index in [-0.39, 0.29) is 0 Å². The van der Waals surface area contributed by atoms with E-state index in [9.17, 15) is 0 Å². The number of nitrogens with zero attached hydrogens (tertiary/aromatic N) is 2. The molecular formula is C25H26N6OS. The maximum Gasteiger partial charge on any atom is 0.176 e. The lowest BCUT2D eigenvalue weighted by atomic mass is 10.2. The minimum atomic E-state index is 0.454. The van der Waals surface area contributed by atoms with Gasteiger partial charge in [0.25, 0.3) is 0 Å². The number of benzene rings is 1. The number of rotatable bonds is 0. The van der Waals surface area contributed by atoms with Gasteiger partial charge < -0.3 is 26.6 Å². The lowest BCUT2D eigenvalue weighted by Gasteiger charge is -1.92. The van der Waals surface area contributed by atoms with E-state index in [1.54, 1.807) is 23.7 Å². The second-order valence-corrected chi connectivity index (χ2v) is 8.96. The number of para-hydroxylation sites is 1. The van der Waals surface area contributed by atoms with Crippen molar-refractivity contribution in [3.63, 3.8) is 0 Å². The van der Waals surface area contributed by atoms with Gasteiger partial charge in [-0.1, -0.05) is 12.1 Å². The van der Waals surface area contributed by atoms with Crippen molar-refractivity contribution >= 4 is 60.6 Å². The van der Waals surface area contributed by atoms with Crippen LogP contribution in [0.5, 0.6) is 0 Å². The van der Waals surface area contributed by atoms with Gasteiger partial charge in [0.15, 0.2) is 11.4 Å². The third-order valence-electron chi connectivity index (χ3n) is 4.99. The van der Waals surface area contributed by atoms with E-state index in [1.807, 2.05) is 44.2 Å². The van der Waals surface area contributed by atoms with E-state index in [1.165, 1.54) is 15.6 Å². The zero-order valence-corrected chi connectivity index (χ0v) is 19.5. The number of fused-ring (bicyclic) bond motifs is 3. The fourth-order valence-electron chi connectivity index (χ4n) is 3.55. The van der Waals surface area contributed by atoms with Crippen LogP contribution >= 0.6 is 11.3 Å². The number of H-pyrrole nitrogens is 1. The normalized spacial score (nSPS) is 10.6. The molecular weight excluding hydrogens is 432 g/mol. The van der Waals surface area contributed by atoms with Gasteiger partial charge in [0.2, 0.25) is 0 Å². The van der Waals surface area contributed by atoms with Gasteiger partial charge in [-0.2, -0.15) is 0 Å². The van der Waals surface area contributed by atoms with Crippen molar-refractivity contribution in [1.29, 1.82) is 0 Å². The fraction of sp³-hybridized carbons (Fsp3) is 0.120. The molecule has 0 saturated heterocycles. The highest BCUT2D eigenvalue weighted by Crippen LogP contribution is 2.28. The molecule has 0 aliphatic heterocycles. The number of hydrogen-bond acceptors (Lipinski definition) is 7. The molecule has 5 aromatic heterocycles. The molecule has 0 radical (unpaired) electrons. The third kappa shape index (κ3) is 4.91. The zero-order chi connectivity index (χ0) is 23.5. The highest BCUT2D eigenvalue weighted by atomic mass is 32.1. The summed E-state index contributed by atoms with van der Waals surface area (Å²) in [5.74, 6) is 1.95. The van der Waals surface area contributed by atoms with Gasteiger partial charge in [0.05, 0.1) is 15.9 Å². The first-order chi connectivity index (χ1) is 15.8. The van der Waals surface area contributed by atoms with Crippen molar-refractivity contribution in [2.45, 2.75) is 20.8 Å². The fourth-order valence-corrected chi connectivity index (χ4v) is 4.46. The average Bonchev–Trinajstić information content (AvgIpc) is 3.45. The smallest absolute Gasteiger partial charge is 0.176 e. The van der Waals surface area contributed by atoms with Crippen molar-refractivity contribution in [3.05, 3.63) is 77.3 Å². The van der Waals surface area contributed by atoms with Crippen molar-refractivity contribution < 1.29 is 4.42 Å². The molecule has 0 unspecified atom stereocenters. The summed E-state index contributed by atoms with van der Waals surface area (Å²) in [6.45, 7) is 5.99. The standard InChI is InChI=1S/C9H10N2.C8H8N2O.C8H8N2S/c1-6-5-7-3-2-4-8(10)9(7)11-6;2*1-5-4-6-2-3-10-8(9)7(6)11-5/h2-5,11H,10H2,1H3;2*2-4H,1H3,(H2,9,10). The number of pyridine rings is 2. The molecule has 6 aromatic rings. The summed E-state index contributed by atoms with van der Waals surface area (Å²) in [5.41, 5.74) is 20.7. The molecule has 8 heteroatoms. The lowest BCUT2D eigenvalue weighted by Crippen LogP contribution is -1.87. The molecule has 1 aromatic carbocycles. The number of aryl methyl sites for hydroxylation is 3. The number of nitrogen functional groups attached to an aromatic ring is 3. The van der Waals surface area contributed by atoms with E-state index in [0.717, 1.165) is 32.7 Å². The monoisotopic (exact) mass is 458 g/mol. The summed E-state index contributed by atoms with van der Waals surface area (Å²) < 4.78 is 6.41. The predicted octanol–water partition coefficient (Wildman–Crippen LogP) is 5.96. The minimum Gasteiger partial charge on any atom is -0.457 e.